The van der Waals surface area contributed by atoms with Crippen LogP contribution in [0.1, 0.15) is 19.4 Å². The van der Waals surface area contributed by atoms with Gasteiger partial charge in [0.2, 0.25) is 0 Å². The Balaban J connectivity index is 2.54. The van der Waals surface area contributed by atoms with Gasteiger partial charge in [-0.15, -0.1) is 0 Å². The maximum absolute atomic E-state index is 12.0. The molecule has 0 radical (unpaired) electrons. The smallest absolute Gasteiger partial charge is 0.263 e. The molecule has 0 aliphatic carbocycles. The maximum Gasteiger partial charge on any atom is 0.263 e. The van der Waals surface area contributed by atoms with Gasteiger partial charge in [0.15, 0.2) is 11.5 Å². The third-order valence-electron chi connectivity index (χ3n) is 3.28. The lowest BCUT2D eigenvalue weighted by molar-refractivity contribution is -0.117. The summed E-state index contributed by atoms with van der Waals surface area (Å²) in [6.07, 6.45) is 2.09. The van der Waals surface area contributed by atoms with Gasteiger partial charge in [-0.05, 0) is 30.0 Å². The third kappa shape index (κ3) is 6.21. The van der Waals surface area contributed by atoms with Crippen LogP contribution in [-0.2, 0) is 11.2 Å². The van der Waals surface area contributed by atoms with Crippen molar-refractivity contribution in [1.82, 2.24) is 10.6 Å². The number of amides is 1. The highest BCUT2D eigenvalue weighted by Crippen LogP contribution is 2.27. The Hall–Kier alpha value is -2.68. The van der Waals surface area contributed by atoms with Crippen molar-refractivity contribution in [2.24, 2.45) is 5.92 Å². The van der Waals surface area contributed by atoms with E-state index in [0.717, 1.165) is 5.56 Å². The second-order valence-electron chi connectivity index (χ2n) is 5.67. The maximum atomic E-state index is 12.0. The van der Waals surface area contributed by atoms with Crippen molar-refractivity contribution < 1.29 is 14.3 Å². The minimum Gasteiger partial charge on any atom is -0.493 e. The molecule has 1 aromatic carbocycles. The summed E-state index contributed by atoms with van der Waals surface area (Å²) >= 11 is 0. The van der Waals surface area contributed by atoms with Crippen molar-refractivity contribution in [2.75, 3.05) is 27.3 Å². The standard InChI is InChI=1S/C18H25N3O3/c1-13(2)11-20-12-15(10-19)18(22)21-8-7-14-5-6-16(23-3)17(9-14)24-4/h5-6,9,12-13,20H,7-8,11H2,1-4H3,(H,21,22)/b15-12-. The average molecular weight is 331 g/mol. The average Bonchev–Trinajstić information content (AvgIpc) is 2.58. The van der Waals surface area contributed by atoms with Gasteiger partial charge in [-0.2, -0.15) is 5.26 Å². The molecule has 0 saturated heterocycles. The first-order valence-corrected chi connectivity index (χ1v) is 7.84. The van der Waals surface area contributed by atoms with Crippen LogP contribution in [0.15, 0.2) is 30.0 Å². The summed E-state index contributed by atoms with van der Waals surface area (Å²) in [6.45, 7) is 5.24. The SMILES string of the molecule is COc1ccc(CCNC(=O)/C(C#N)=C\NCC(C)C)cc1OC. The molecule has 0 spiro atoms. The van der Waals surface area contributed by atoms with Crippen molar-refractivity contribution in [3.63, 3.8) is 0 Å². The fraction of sp³-hybridized carbons (Fsp3) is 0.444. The van der Waals surface area contributed by atoms with E-state index in [2.05, 4.69) is 24.5 Å². The van der Waals surface area contributed by atoms with Crippen LogP contribution in [0, 0.1) is 17.2 Å². The summed E-state index contributed by atoms with van der Waals surface area (Å²) < 4.78 is 10.4. The van der Waals surface area contributed by atoms with Gasteiger partial charge < -0.3 is 20.1 Å². The highest BCUT2D eigenvalue weighted by atomic mass is 16.5. The van der Waals surface area contributed by atoms with Gasteiger partial charge >= 0.3 is 0 Å². The van der Waals surface area contributed by atoms with E-state index in [1.54, 1.807) is 14.2 Å². The van der Waals surface area contributed by atoms with Gasteiger partial charge in [0.05, 0.1) is 14.2 Å². The van der Waals surface area contributed by atoms with Gasteiger partial charge in [-0.1, -0.05) is 19.9 Å². The molecule has 0 fully saturated rings. The van der Waals surface area contributed by atoms with Crippen LogP contribution in [0.2, 0.25) is 0 Å². The topological polar surface area (TPSA) is 83.4 Å². The van der Waals surface area contributed by atoms with E-state index in [0.29, 0.717) is 36.9 Å². The first kappa shape index (κ1) is 19.4. The molecule has 6 heteroatoms. The van der Waals surface area contributed by atoms with Gasteiger partial charge in [-0.25, -0.2) is 0 Å². The van der Waals surface area contributed by atoms with Crippen LogP contribution < -0.4 is 20.1 Å². The van der Waals surface area contributed by atoms with Crippen molar-refractivity contribution in [3.05, 3.63) is 35.5 Å². The molecule has 2 N–H and O–H groups in total. The lowest BCUT2D eigenvalue weighted by Gasteiger charge is -2.10. The number of nitriles is 1. The van der Waals surface area contributed by atoms with Crippen LogP contribution in [0.25, 0.3) is 0 Å². The number of carbonyl (C=O) groups is 1. The number of ether oxygens (including phenoxy) is 2. The fourth-order valence-corrected chi connectivity index (χ4v) is 2.00. The molecule has 24 heavy (non-hydrogen) atoms. The largest absolute Gasteiger partial charge is 0.493 e. The second-order valence-corrected chi connectivity index (χ2v) is 5.67. The Morgan fingerprint density at radius 1 is 1.29 bits per heavy atom. The molecule has 1 aromatic rings. The van der Waals surface area contributed by atoms with Gasteiger partial charge in [-0.3, -0.25) is 4.79 Å². The number of carbonyl (C=O) groups excluding carboxylic acids is 1. The predicted molar refractivity (Wildman–Crippen MR) is 92.8 cm³/mol. The first-order chi connectivity index (χ1) is 11.5. The molecule has 0 saturated carbocycles. The number of benzene rings is 1. The lowest BCUT2D eigenvalue weighted by Crippen LogP contribution is -2.28. The van der Waals surface area contributed by atoms with E-state index in [-0.39, 0.29) is 11.5 Å². The van der Waals surface area contributed by atoms with Crippen LogP contribution in [-0.4, -0.2) is 33.2 Å². The Bertz CT molecular complexity index is 618. The number of hydrogen-bond acceptors (Lipinski definition) is 5. The summed E-state index contributed by atoms with van der Waals surface area (Å²) in [4.78, 5) is 12.0. The van der Waals surface area contributed by atoms with E-state index in [1.807, 2.05) is 24.3 Å². The van der Waals surface area contributed by atoms with E-state index in [1.165, 1.54) is 6.20 Å². The lowest BCUT2D eigenvalue weighted by atomic mass is 10.1. The van der Waals surface area contributed by atoms with Gasteiger partial charge in [0.1, 0.15) is 11.6 Å². The van der Waals surface area contributed by atoms with Crippen LogP contribution >= 0.6 is 0 Å². The molecule has 0 aliphatic heterocycles. The molecule has 6 nitrogen and oxygen atoms in total. The Kier molecular flexibility index (Phi) is 8.20. The zero-order chi connectivity index (χ0) is 17.9. The summed E-state index contributed by atoms with van der Waals surface area (Å²) in [5.74, 6) is 1.37. The van der Waals surface area contributed by atoms with E-state index < -0.39 is 0 Å². The number of rotatable bonds is 9. The van der Waals surface area contributed by atoms with Crippen LogP contribution in [0.4, 0.5) is 0 Å². The monoisotopic (exact) mass is 331 g/mol. The number of nitrogens with one attached hydrogen (secondary N) is 2. The van der Waals surface area contributed by atoms with Crippen molar-refractivity contribution in [2.45, 2.75) is 20.3 Å². The zero-order valence-corrected chi connectivity index (χ0v) is 14.7. The van der Waals surface area contributed by atoms with Gasteiger partial charge in [0, 0.05) is 19.3 Å². The summed E-state index contributed by atoms with van der Waals surface area (Å²) in [6, 6.07) is 7.52. The van der Waals surface area contributed by atoms with E-state index in [9.17, 15) is 4.79 Å². The molecule has 0 aromatic heterocycles. The van der Waals surface area contributed by atoms with Crippen molar-refractivity contribution in [3.8, 4) is 17.6 Å². The number of nitrogens with zero attached hydrogens (tertiary/aromatic N) is 1. The molecule has 0 unspecified atom stereocenters. The van der Waals surface area contributed by atoms with E-state index >= 15 is 0 Å². The molecule has 1 rings (SSSR count). The predicted octanol–water partition coefficient (Wildman–Crippen LogP) is 2.02. The highest BCUT2D eigenvalue weighted by Gasteiger charge is 2.09. The molecule has 0 atom stereocenters. The van der Waals surface area contributed by atoms with E-state index in [4.69, 9.17) is 14.7 Å². The number of hydrogen-bond donors (Lipinski definition) is 2. The Labute approximate surface area is 143 Å². The highest BCUT2D eigenvalue weighted by molar-refractivity contribution is 5.97. The molecule has 1 amide bonds. The van der Waals surface area contributed by atoms with Crippen LogP contribution in [0.3, 0.4) is 0 Å². The van der Waals surface area contributed by atoms with Crippen molar-refractivity contribution >= 4 is 5.91 Å². The number of methoxy groups -OCH3 is 2. The zero-order valence-electron chi connectivity index (χ0n) is 14.7. The summed E-state index contributed by atoms with van der Waals surface area (Å²) in [5.41, 5.74) is 1.08. The molecule has 130 valence electrons. The van der Waals surface area contributed by atoms with Crippen molar-refractivity contribution in [1.29, 1.82) is 5.26 Å². The Morgan fingerprint density at radius 2 is 2.00 bits per heavy atom. The molecule has 0 heterocycles. The van der Waals surface area contributed by atoms with Crippen LogP contribution in [0.5, 0.6) is 11.5 Å². The molecular weight excluding hydrogens is 306 g/mol. The molecular formula is C18H25N3O3. The minimum absolute atomic E-state index is 0.0722. The first-order valence-electron chi connectivity index (χ1n) is 7.84. The quantitative estimate of drug-likeness (QED) is 0.534. The Morgan fingerprint density at radius 3 is 2.58 bits per heavy atom. The van der Waals surface area contributed by atoms with Gasteiger partial charge in [0.25, 0.3) is 5.91 Å². The summed E-state index contributed by atoms with van der Waals surface area (Å²) in [5, 5.41) is 14.8. The molecule has 0 aliphatic rings. The normalized spacial score (nSPS) is 10.9. The minimum atomic E-state index is -0.380. The molecule has 0 bridgehead atoms. The second kappa shape index (κ2) is 10.2. The third-order valence-corrected chi connectivity index (χ3v) is 3.28. The fourth-order valence-electron chi connectivity index (χ4n) is 2.00. The summed E-state index contributed by atoms with van der Waals surface area (Å²) in [7, 11) is 3.17.